The van der Waals surface area contributed by atoms with Crippen LogP contribution >= 0.6 is 0 Å². The SMILES string of the molecule is O=C(O[C@@H]1Cc2c(O)cc(O)cc2O[C@@H]1c1ccc(O)c(O)c1)c1cc(O)c(O)c(O)c1.Oc1cc(O)c2c(c1)O[C@H](c1ccc(O)c(O)c1)[C@@H](O)C2.Oc1cc(O)c2c(c1)O[C@H](c1ccc(O)c(O)c1)[C@H](O)C2. The molecule has 0 aliphatic carbocycles. The van der Waals surface area contributed by atoms with Gasteiger partial charge in [-0.25, -0.2) is 4.79 Å². The number of rotatable bonds is 5. The van der Waals surface area contributed by atoms with Crippen LogP contribution in [0, 0.1) is 0 Å². The van der Waals surface area contributed by atoms with Gasteiger partial charge in [-0.1, -0.05) is 18.2 Å². The van der Waals surface area contributed by atoms with Crippen LogP contribution in [0.25, 0.3) is 0 Å². The molecule has 0 saturated carbocycles. The molecule has 0 saturated heterocycles. The summed E-state index contributed by atoms with van der Waals surface area (Å²) >= 11 is 0. The second-order valence-electron chi connectivity index (χ2n) is 17.2. The number of aliphatic hydroxyl groups excluding tert-OH is 2. The van der Waals surface area contributed by atoms with E-state index in [0.29, 0.717) is 27.8 Å². The fourth-order valence-electron chi connectivity index (χ4n) is 8.41. The molecule has 3 heterocycles. The Labute approximate surface area is 417 Å². The first-order valence-electron chi connectivity index (χ1n) is 22.1. The molecule has 10 rings (SSSR count). The van der Waals surface area contributed by atoms with Crippen molar-refractivity contribution in [3.8, 4) is 103 Å². The number of phenolic OH excluding ortho intramolecular Hbond substituents is 15. The highest BCUT2D eigenvalue weighted by Gasteiger charge is 2.38. The van der Waals surface area contributed by atoms with Crippen molar-refractivity contribution >= 4 is 5.97 Å². The van der Waals surface area contributed by atoms with E-state index >= 15 is 0 Å². The van der Waals surface area contributed by atoms with Crippen LogP contribution in [0.3, 0.4) is 0 Å². The van der Waals surface area contributed by atoms with Crippen molar-refractivity contribution in [2.45, 2.75) is 55.9 Å². The Hall–Kier alpha value is -9.67. The molecule has 0 unspecified atom stereocenters. The zero-order valence-corrected chi connectivity index (χ0v) is 38.0. The Morgan fingerprint density at radius 3 is 1.08 bits per heavy atom. The van der Waals surface area contributed by atoms with Crippen LogP contribution in [0.1, 0.15) is 62.1 Å². The highest BCUT2D eigenvalue weighted by atomic mass is 16.6. The minimum atomic E-state index is -1.06. The molecule has 0 aromatic heterocycles. The summed E-state index contributed by atoms with van der Waals surface area (Å²) in [7, 11) is 0. The zero-order valence-electron chi connectivity index (χ0n) is 38.0. The summed E-state index contributed by atoms with van der Waals surface area (Å²) in [4.78, 5) is 12.7. The van der Waals surface area contributed by atoms with Gasteiger partial charge in [-0.3, -0.25) is 0 Å². The molecule has 3 aliphatic rings. The lowest BCUT2D eigenvalue weighted by Crippen LogP contribution is -2.34. The van der Waals surface area contributed by atoms with Gasteiger partial charge in [0.25, 0.3) is 0 Å². The number of ether oxygens (including phenoxy) is 4. The largest absolute Gasteiger partial charge is 0.508 e. The van der Waals surface area contributed by atoms with Gasteiger partial charge in [0, 0.05) is 77.9 Å². The van der Waals surface area contributed by atoms with Crippen LogP contribution < -0.4 is 14.2 Å². The van der Waals surface area contributed by atoms with Crippen molar-refractivity contribution in [3.63, 3.8) is 0 Å². The van der Waals surface area contributed by atoms with Crippen LogP contribution in [0.15, 0.2) is 103 Å². The lowest BCUT2D eigenvalue weighted by atomic mass is 9.93. The number of carbonyl (C=O) groups excluding carboxylic acids is 1. The number of hydrogen-bond donors (Lipinski definition) is 17. The van der Waals surface area contributed by atoms with Crippen molar-refractivity contribution in [3.05, 3.63) is 142 Å². The number of benzene rings is 7. The van der Waals surface area contributed by atoms with Crippen LogP contribution in [-0.2, 0) is 24.0 Å². The minimum Gasteiger partial charge on any atom is -0.508 e. The molecule has 386 valence electrons. The molecule has 22 nitrogen and oxygen atoms in total. The third-order valence-electron chi connectivity index (χ3n) is 12.1. The Bertz CT molecular complexity index is 3140. The van der Waals surface area contributed by atoms with Gasteiger partial charge < -0.3 is 106 Å². The normalized spacial score (nSPS) is 19.2. The maximum absolute atomic E-state index is 12.7. The quantitative estimate of drug-likeness (QED) is 0.0734. The molecule has 7 aromatic carbocycles. The fourth-order valence-corrected chi connectivity index (χ4v) is 8.41. The number of fused-ring (bicyclic) bond motifs is 3. The maximum Gasteiger partial charge on any atom is 0.338 e. The van der Waals surface area contributed by atoms with Crippen LogP contribution in [-0.4, -0.2) is 111 Å². The Morgan fingerprint density at radius 1 is 0.378 bits per heavy atom. The molecule has 0 bridgehead atoms. The van der Waals surface area contributed by atoms with Crippen molar-refractivity contribution < 1.29 is 111 Å². The summed E-state index contributed by atoms with van der Waals surface area (Å²) in [6.45, 7) is 0. The third-order valence-corrected chi connectivity index (χ3v) is 12.1. The maximum atomic E-state index is 12.7. The number of hydrogen-bond acceptors (Lipinski definition) is 22. The first-order valence-corrected chi connectivity index (χ1v) is 22.1. The summed E-state index contributed by atoms with van der Waals surface area (Å²) in [6, 6.07) is 21.4. The van der Waals surface area contributed by atoms with E-state index in [1.807, 2.05) is 0 Å². The van der Waals surface area contributed by atoms with Gasteiger partial charge >= 0.3 is 5.97 Å². The van der Waals surface area contributed by atoms with E-state index < -0.39 is 65.6 Å². The molecule has 22 heteroatoms. The van der Waals surface area contributed by atoms with Gasteiger partial charge in [-0.2, -0.15) is 0 Å². The van der Waals surface area contributed by atoms with E-state index in [1.165, 1.54) is 84.9 Å². The Morgan fingerprint density at radius 2 is 0.716 bits per heavy atom. The summed E-state index contributed by atoms with van der Waals surface area (Å²) in [6.07, 6.45) is -5.24. The van der Waals surface area contributed by atoms with Gasteiger partial charge in [-0.15, -0.1) is 0 Å². The molecule has 6 atom stereocenters. The summed E-state index contributed by atoms with van der Waals surface area (Å²) in [5, 5.41) is 165. The third kappa shape index (κ3) is 10.5. The summed E-state index contributed by atoms with van der Waals surface area (Å²) in [5.41, 5.74) is 2.11. The van der Waals surface area contributed by atoms with Crippen LogP contribution in [0.5, 0.6) is 103 Å². The standard InChI is InChI=1S/C22H18O10.2C15H14O6/c23-11-6-14(25)12-8-19(32-22(30)10-4-16(27)20(29)17(28)5-10)21(31-18(12)7-11)9-1-2-13(24)15(26)3-9;2*16-8-4-11(18)9-6-13(20)15(21-14(9)5-8)7-1-2-10(17)12(19)3-7/h1-7,19,21,23-29H,8H2;2*1-5,13,15-20H,6H2/t19-,21-;13-,15+;13-,15-/m101/s1. The lowest BCUT2D eigenvalue weighted by Gasteiger charge is -2.34. The number of carbonyl (C=O) groups is 1. The minimum absolute atomic E-state index is 0.0461. The molecule has 7 aromatic rings. The number of aromatic hydroxyl groups is 15. The molecule has 3 aliphatic heterocycles. The second kappa shape index (κ2) is 20.2. The Kier molecular flexibility index (Phi) is 13.9. The first-order chi connectivity index (χ1) is 35.0. The topological polar surface area (TPSA) is 398 Å². The molecular formula is C52H46O22. The summed E-state index contributed by atoms with van der Waals surface area (Å²) < 4.78 is 22.6. The highest BCUT2D eigenvalue weighted by Crippen LogP contribution is 2.47. The van der Waals surface area contributed by atoms with Gasteiger partial charge in [0.15, 0.2) is 57.8 Å². The fraction of sp³-hybridized carbons (Fsp3) is 0.173. The monoisotopic (exact) mass is 1020 g/mol. The number of phenols is 15. The van der Waals surface area contributed by atoms with E-state index in [9.17, 15) is 91.6 Å². The van der Waals surface area contributed by atoms with Crippen molar-refractivity contribution in [1.82, 2.24) is 0 Å². The van der Waals surface area contributed by atoms with Crippen molar-refractivity contribution in [2.24, 2.45) is 0 Å². The lowest BCUT2D eigenvalue weighted by molar-refractivity contribution is -0.0189. The van der Waals surface area contributed by atoms with Crippen molar-refractivity contribution in [2.75, 3.05) is 0 Å². The van der Waals surface area contributed by atoms with Crippen molar-refractivity contribution in [1.29, 1.82) is 0 Å². The van der Waals surface area contributed by atoms with Crippen LogP contribution in [0.4, 0.5) is 0 Å². The molecule has 0 fully saturated rings. The predicted molar refractivity (Wildman–Crippen MR) is 253 cm³/mol. The van der Waals surface area contributed by atoms with E-state index in [2.05, 4.69) is 0 Å². The molecule has 17 N–H and O–H groups in total. The molecular weight excluding hydrogens is 977 g/mol. The molecule has 0 spiro atoms. The average molecular weight is 1020 g/mol. The number of aliphatic hydroxyl groups is 2. The smallest absolute Gasteiger partial charge is 0.338 e. The average Bonchev–Trinajstić information content (AvgIpc) is 3.34. The molecule has 0 amide bonds. The first kappa shape index (κ1) is 50.7. The second-order valence-corrected chi connectivity index (χ2v) is 17.2. The molecule has 0 radical (unpaired) electrons. The van der Waals surface area contributed by atoms with Crippen LogP contribution in [0.2, 0.25) is 0 Å². The predicted octanol–water partition coefficient (Wildman–Crippen LogP) is 5.62. The van der Waals surface area contributed by atoms with Gasteiger partial charge in [-0.05, 0) is 59.7 Å². The highest BCUT2D eigenvalue weighted by molar-refractivity contribution is 5.91. The van der Waals surface area contributed by atoms with E-state index in [0.717, 1.165) is 18.2 Å². The van der Waals surface area contributed by atoms with E-state index in [-0.39, 0.29) is 111 Å². The van der Waals surface area contributed by atoms with Gasteiger partial charge in [0.1, 0.15) is 70.1 Å². The number of esters is 1. The summed E-state index contributed by atoms with van der Waals surface area (Å²) in [5.74, 6) is -5.61. The van der Waals surface area contributed by atoms with E-state index in [4.69, 9.17) is 18.9 Å². The van der Waals surface area contributed by atoms with E-state index in [1.54, 1.807) is 0 Å². The molecule has 74 heavy (non-hydrogen) atoms. The zero-order chi connectivity index (χ0) is 53.4. The van der Waals surface area contributed by atoms with Gasteiger partial charge in [0.05, 0.1) is 17.8 Å². The Balaban J connectivity index is 0.000000153. The van der Waals surface area contributed by atoms with Gasteiger partial charge in [0.2, 0.25) is 0 Å².